The highest BCUT2D eigenvalue weighted by atomic mass is 16.5. The third-order valence-corrected chi connectivity index (χ3v) is 6.01. The molecule has 0 bridgehead atoms. The van der Waals surface area contributed by atoms with Crippen molar-refractivity contribution in [3.8, 4) is 5.75 Å². The summed E-state index contributed by atoms with van der Waals surface area (Å²) < 4.78 is 5.49. The summed E-state index contributed by atoms with van der Waals surface area (Å²) in [5.74, 6) is 0.234. The van der Waals surface area contributed by atoms with Crippen LogP contribution < -0.4 is 10.1 Å². The van der Waals surface area contributed by atoms with E-state index in [9.17, 15) is 14.4 Å². The fourth-order valence-corrected chi connectivity index (χ4v) is 4.01. The van der Waals surface area contributed by atoms with Crippen LogP contribution in [0.4, 0.5) is 0 Å². The second-order valence-electron chi connectivity index (χ2n) is 8.94. The number of amides is 3. The van der Waals surface area contributed by atoms with E-state index in [4.69, 9.17) is 4.74 Å². The molecule has 1 aliphatic heterocycles. The molecule has 34 heavy (non-hydrogen) atoms. The van der Waals surface area contributed by atoms with Gasteiger partial charge in [0.1, 0.15) is 11.8 Å². The SMILES string of the molecule is CC(C)C(NC(=O)COc1ccccc1)C(=O)N1CCN(C(=O)CCCc2ccccc2)CC1. The second-order valence-corrected chi connectivity index (χ2v) is 8.94. The van der Waals surface area contributed by atoms with Gasteiger partial charge in [-0.1, -0.05) is 62.4 Å². The van der Waals surface area contributed by atoms with E-state index in [2.05, 4.69) is 17.4 Å². The lowest BCUT2D eigenvalue weighted by Gasteiger charge is -2.37. The highest BCUT2D eigenvalue weighted by molar-refractivity contribution is 5.88. The first-order valence-corrected chi connectivity index (χ1v) is 12.0. The van der Waals surface area contributed by atoms with Crippen LogP contribution in [0.2, 0.25) is 0 Å². The van der Waals surface area contributed by atoms with Crippen LogP contribution in [0.3, 0.4) is 0 Å². The average molecular weight is 466 g/mol. The largest absolute Gasteiger partial charge is 0.484 e. The zero-order valence-electron chi connectivity index (χ0n) is 20.1. The van der Waals surface area contributed by atoms with Crippen molar-refractivity contribution in [2.45, 2.75) is 39.2 Å². The number of carbonyl (C=O) groups excluding carboxylic acids is 3. The maximum atomic E-state index is 13.1. The Balaban J connectivity index is 1.42. The van der Waals surface area contributed by atoms with Gasteiger partial charge in [0.25, 0.3) is 5.91 Å². The Bertz CT molecular complexity index is 925. The topological polar surface area (TPSA) is 79.0 Å². The zero-order valence-corrected chi connectivity index (χ0v) is 20.1. The van der Waals surface area contributed by atoms with E-state index in [0.29, 0.717) is 38.3 Å². The molecule has 1 aliphatic rings. The third-order valence-electron chi connectivity index (χ3n) is 6.01. The zero-order chi connectivity index (χ0) is 24.3. The van der Waals surface area contributed by atoms with Crippen LogP contribution in [0.5, 0.6) is 5.75 Å². The molecule has 1 fully saturated rings. The minimum atomic E-state index is -0.625. The lowest BCUT2D eigenvalue weighted by molar-refractivity contribution is -0.143. The smallest absolute Gasteiger partial charge is 0.258 e. The van der Waals surface area contributed by atoms with E-state index in [1.54, 1.807) is 17.0 Å². The van der Waals surface area contributed by atoms with Crippen molar-refractivity contribution in [2.24, 2.45) is 5.92 Å². The van der Waals surface area contributed by atoms with Gasteiger partial charge in [0, 0.05) is 32.6 Å². The van der Waals surface area contributed by atoms with Crippen molar-refractivity contribution in [3.63, 3.8) is 0 Å². The molecule has 3 amide bonds. The quantitative estimate of drug-likeness (QED) is 0.585. The maximum absolute atomic E-state index is 13.1. The normalized spacial score (nSPS) is 14.6. The Kier molecular flexibility index (Phi) is 9.50. The van der Waals surface area contributed by atoms with Crippen molar-refractivity contribution in [2.75, 3.05) is 32.8 Å². The van der Waals surface area contributed by atoms with E-state index < -0.39 is 6.04 Å². The Morgan fingerprint density at radius 3 is 2.09 bits per heavy atom. The molecule has 0 saturated carbocycles. The molecule has 1 atom stereocenters. The summed E-state index contributed by atoms with van der Waals surface area (Å²) in [6.45, 7) is 5.66. The number of ether oxygens (including phenoxy) is 1. The van der Waals surface area contributed by atoms with Crippen LogP contribution in [0, 0.1) is 5.92 Å². The molecule has 3 rings (SSSR count). The molecule has 2 aromatic carbocycles. The summed E-state index contributed by atoms with van der Waals surface area (Å²) in [4.78, 5) is 41.7. The maximum Gasteiger partial charge on any atom is 0.258 e. The van der Waals surface area contributed by atoms with Gasteiger partial charge in [-0.05, 0) is 36.5 Å². The molecule has 0 aromatic heterocycles. The van der Waals surface area contributed by atoms with Gasteiger partial charge >= 0.3 is 0 Å². The van der Waals surface area contributed by atoms with Gasteiger partial charge in [0.15, 0.2) is 6.61 Å². The van der Waals surface area contributed by atoms with E-state index >= 15 is 0 Å². The molecule has 0 aliphatic carbocycles. The van der Waals surface area contributed by atoms with Gasteiger partial charge in [-0.15, -0.1) is 0 Å². The number of nitrogens with one attached hydrogen (secondary N) is 1. The van der Waals surface area contributed by atoms with Gasteiger partial charge in [-0.25, -0.2) is 0 Å². The molecule has 182 valence electrons. The van der Waals surface area contributed by atoms with Gasteiger partial charge in [0.05, 0.1) is 0 Å². The van der Waals surface area contributed by atoms with Gasteiger partial charge in [-0.2, -0.15) is 0 Å². The molecule has 1 heterocycles. The molecular weight excluding hydrogens is 430 g/mol. The number of piperazine rings is 1. The van der Waals surface area contributed by atoms with E-state index in [0.717, 1.165) is 12.8 Å². The van der Waals surface area contributed by atoms with Crippen LogP contribution >= 0.6 is 0 Å². The Morgan fingerprint density at radius 2 is 1.47 bits per heavy atom. The van der Waals surface area contributed by atoms with E-state index in [1.165, 1.54) is 5.56 Å². The number of para-hydroxylation sites is 1. The lowest BCUT2D eigenvalue weighted by atomic mass is 10.0. The minimum absolute atomic E-state index is 0.0641. The first kappa shape index (κ1) is 25.3. The summed E-state index contributed by atoms with van der Waals surface area (Å²) in [5.41, 5.74) is 1.24. The molecule has 0 spiro atoms. The molecule has 0 radical (unpaired) electrons. The summed E-state index contributed by atoms with van der Waals surface area (Å²) in [5, 5.41) is 2.83. The van der Waals surface area contributed by atoms with Gasteiger partial charge in [-0.3, -0.25) is 14.4 Å². The van der Waals surface area contributed by atoms with Crippen molar-refractivity contribution in [1.29, 1.82) is 0 Å². The number of nitrogens with zero attached hydrogens (tertiary/aromatic N) is 2. The predicted molar refractivity (Wildman–Crippen MR) is 131 cm³/mol. The molecule has 7 nitrogen and oxygen atoms in total. The summed E-state index contributed by atoms with van der Waals surface area (Å²) in [6, 6.07) is 18.6. The highest BCUT2D eigenvalue weighted by Crippen LogP contribution is 2.13. The summed E-state index contributed by atoms with van der Waals surface area (Å²) in [6.07, 6.45) is 2.21. The number of hydrogen-bond acceptors (Lipinski definition) is 4. The standard InChI is InChI=1S/C27H35N3O4/c1-21(2)26(28-24(31)20-34-23-13-7-4-8-14-23)27(33)30-18-16-29(17-19-30)25(32)15-9-12-22-10-5-3-6-11-22/h3-8,10-11,13-14,21,26H,9,12,15-20H2,1-2H3,(H,28,31). The van der Waals surface area contributed by atoms with Crippen LogP contribution in [0.25, 0.3) is 0 Å². The Labute approximate surface area is 202 Å². The van der Waals surface area contributed by atoms with Crippen molar-refractivity contribution in [3.05, 3.63) is 66.2 Å². The predicted octanol–water partition coefficient (Wildman–Crippen LogP) is 2.90. The van der Waals surface area contributed by atoms with E-state index in [1.807, 2.05) is 55.1 Å². The highest BCUT2D eigenvalue weighted by Gasteiger charge is 2.31. The van der Waals surface area contributed by atoms with Crippen molar-refractivity contribution < 1.29 is 19.1 Å². The molecule has 2 aromatic rings. The van der Waals surface area contributed by atoms with Crippen LogP contribution in [0.1, 0.15) is 32.3 Å². The number of carbonyl (C=O) groups is 3. The van der Waals surface area contributed by atoms with Crippen LogP contribution in [-0.4, -0.2) is 66.3 Å². The second kappa shape index (κ2) is 12.8. The van der Waals surface area contributed by atoms with Gasteiger partial charge in [0.2, 0.25) is 11.8 Å². The third kappa shape index (κ3) is 7.61. The van der Waals surface area contributed by atoms with E-state index in [-0.39, 0.29) is 30.2 Å². The number of aryl methyl sites for hydroxylation is 1. The molecular formula is C27H35N3O4. The molecule has 1 unspecified atom stereocenters. The van der Waals surface area contributed by atoms with Gasteiger partial charge < -0.3 is 19.9 Å². The lowest BCUT2D eigenvalue weighted by Crippen LogP contribution is -2.57. The van der Waals surface area contributed by atoms with Crippen LogP contribution in [0.15, 0.2) is 60.7 Å². The number of benzene rings is 2. The number of hydrogen-bond donors (Lipinski definition) is 1. The molecule has 7 heteroatoms. The Morgan fingerprint density at radius 1 is 0.882 bits per heavy atom. The van der Waals surface area contributed by atoms with Crippen molar-refractivity contribution >= 4 is 17.7 Å². The first-order valence-electron chi connectivity index (χ1n) is 12.0. The fraction of sp³-hybridized carbons (Fsp3) is 0.444. The van der Waals surface area contributed by atoms with Crippen molar-refractivity contribution in [1.82, 2.24) is 15.1 Å². The number of rotatable bonds is 10. The monoisotopic (exact) mass is 465 g/mol. The Hall–Kier alpha value is -3.35. The fourth-order valence-electron chi connectivity index (χ4n) is 4.01. The molecule has 1 N–H and O–H groups in total. The minimum Gasteiger partial charge on any atom is -0.484 e. The summed E-state index contributed by atoms with van der Waals surface area (Å²) >= 11 is 0. The first-order chi connectivity index (χ1) is 16.4. The van der Waals surface area contributed by atoms with Crippen LogP contribution in [-0.2, 0) is 20.8 Å². The molecule has 1 saturated heterocycles. The average Bonchev–Trinajstić information content (AvgIpc) is 2.87. The summed E-state index contributed by atoms with van der Waals surface area (Å²) in [7, 11) is 0.